The van der Waals surface area contributed by atoms with Gasteiger partial charge in [0.2, 0.25) is 5.88 Å². The molecule has 0 aliphatic heterocycles. The Labute approximate surface area is 144 Å². The molecule has 0 fully saturated rings. The molecule has 0 unspecified atom stereocenters. The molecule has 3 rings (SSSR count). The smallest absolute Gasteiger partial charge is 0.278 e. The molecule has 0 radical (unpaired) electrons. The van der Waals surface area contributed by atoms with E-state index in [2.05, 4.69) is 15.3 Å². The van der Waals surface area contributed by atoms with Gasteiger partial charge in [-0.3, -0.25) is 4.79 Å². The van der Waals surface area contributed by atoms with Crippen molar-refractivity contribution < 1.29 is 19.4 Å². The third-order valence-electron chi connectivity index (χ3n) is 3.51. The summed E-state index contributed by atoms with van der Waals surface area (Å²) in [6, 6.07) is 10.2. The zero-order valence-corrected chi connectivity index (χ0v) is 13.6. The number of hydrogen-bond acceptors (Lipinski definition) is 6. The van der Waals surface area contributed by atoms with Crippen molar-refractivity contribution in [1.82, 2.24) is 9.97 Å². The SMILES string of the molecule is COCCOc1nccc2cc(NC(=O)c3ncccc3O)ccc12. The molecule has 7 heteroatoms. The number of amides is 1. The van der Waals surface area contributed by atoms with E-state index in [1.54, 1.807) is 31.5 Å². The number of benzene rings is 1. The van der Waals surface area contributed by atoms with E-state index in [0.717, 1.165) is 10.8 Å². The average molecular weight is 339 g/mol. The third-order valence-corrected chi connectivity index (χ3v) is 3.51. The van der Waals surface area contributed by atoms with Crippen molar-refractivity contribution >= 4 is 22.4 Å². The zero-order chi connectivity index (χ0) is 17.6. The van der Waals surface area contributed by atoms with E-state index in [1.807, 2.05) is 12.1 Å². The normalized spacial score (nSPS) is 10.6. The summed E-state index contributed by atoms with van der Waals surface area (Å²) in [7, 11) is 1.61. The molecule has 0 saturated carbocycles. The molecule has 25 heavy (non-hydrogen) atoms. The first kappa shape index (κ1) is 16.7. The Kier molecular flexibility index (Phi) is 5.06. The largest absolute Gasteiger partial charge is 0.505 e. The maximum Gasteiger partial charge on any atom is 0.278 e. The molecule has 2 heterocycles. The number of ether oxygens (including phenoxy) is 2. The van der Waals surface area contributed by atoms with E-state index in [0.29, 0.717) is 24.8 Å². The Morgan fingerprint density at radius 3 is 2.84 bits per heavy atom. The number of anilines is 1. The highest BCUT2D eigenvalue weighted by Gasteiger charge is 2.13. The number of nitrogens with one attached hydrogen (secondary N) is 1. The van der Waals surface area contributed by atoms with E-state index in [9.17, 15) is 9.90 Å². The number of fused-ring (bicyclic) bond motifs is 1. The zero-order valence-electron chi connectivity index (χ0n) is 13.6. The predicted molar refractivity (Wildman–Crippen MR) is 93.0 cm³/mol. The fourth-order valence-electron chi connectivity index (χ4n) is 2.33. The Balaban J connectivity index is 1.82. The van der Waals surface area contributed by atoms with Crippen LogP contribution in [-0.4, -0.2) is 41.3 Å². The Bertz CT molecular complexity index is 898. The molecule has 1 aromatic carbocycles. The fraction of sp³-hybridized carbons (Fsp3) is 0.167. The number of carbonyl (C=O) groups excluding carboxylic acids is 1. The molecule has 128 valence electrons. The van der Waals surface area contributed by atoms with Crippen LogP contribution in [0.5, 0.6) is 11.6 Å². The van der Waals surface area contributed by atoms with Gasteiger partial charge in [0.05, 0.1) is 6.61 Å². The van der Waals surface area contributed by atoms with Crippen LogP contribution in [0.2, 0.25) is 0 Å². The average Bonchev–Trinajstić information content (AvgIpc) is 2.62. The minimum Gasteiger partial charge on any atom is -0.505 e. The summed E-state index contributed by atoms with van der Waals surface area (Å²) in [4.78, 5) is 20.3. The minimum atomic E-state index is -0.483. The second-order valence-corrected chi connectivity index (χ2v) is 5.22. The Morgan fingerprint density at radius 2 is 2.04 bits per heavy atom. The molecule has 0 spiro atoms. The summed E-state index contributed by atoms with van der Waals surface area (Å²) in [5.74, 6) is -0.142. The van der Waals surface area contributed by atoms with E-state index >= 15 is 0 Å². The first-order valence-electron chi connectivity index (χ1n) is 7.65. The van der Waals surface area contributed by atoms with Crippen LogP contribution in [-0.2, 0) is 4.74 Å². The van der Waals surface area contributed by atoms with Crippen LogP contribution >= 0.6 is 0 Å². The van der Waals surface area contributed by atoms with E-state index in [4.69, 9.17) is 9.47 Å². The molecule has 1 amide bonds. The molecule has 0 bridgehead atoms. The maximum absolute atomic E-state index is 12.2. The lowest BCUT2D eigenvalue weighted by Crippen LogP contribution is -2.13. The second-order valence-electron chi connectivity index (χ2n) is 5.22. The minimum absolute atomic E-state index is 0.0269. The highest BCUT2D eigenvalue weighted by Crippen LogP contribution is 2.26. The maximum atomic E-state index is 12.2. The number of rotatable bonds is 6. The number of hydrogen-bond donors (Lipinski definition) is 2. The van der Waals surface area contributed by atoms with Crippen LogP contribution < -0.4 is 10.1 Å². The third kappa shape index (κ3) is 3.84. The highest BCUT2D eigenvalue weighted by molar-refractivity contribution is 6.05. The standard InChI is InChI=1S/C18H17N3O4/c1-24-9-10-25-18-14-5-4-13(11-12(14)6-8-20-18)21-17(23)16-15(22)3-2-7-19-16/h2-8,11,22H,9-10H2,1H3,(H,21,23). The van der Waals surface area contributed by atoms with Gasteiger partial charge in [-0.2, -0.15) is 0 Å². The van der Waals surface area contributed by atoms with Crippen LogP contribution in [0.4, 0.5) is 5.69 Å². The van der Waals surface area contributed by atoms with Gasteiger partial charge in [-0.1, -0.05) is 0 Å². The lowest BCUT2D eigenvalue weighted by Gasteiger charge is -2.10. The molecule has 3 aromatic rings. The summed E-state index contributed by atoms with van der Waals surface area (Å²) in [5, 5.41) is 14.1. The predicted octanol–water partition coefficient (Wildman–Crippen LogP) is 2.61. The van der Waals surface area contributed by atoms with Crippen LogP contribution in [0.1, 0.15) is 10.5 Å². The topological polar surface area (TPSA) is 93.6 Å². The molecule has 0 saturated heterocycles. The van der Waals surface area contributed by atoms with Crippen LogP contribution in [0.25, 0.3) is 10.8 Å². The molecular formula is C18H17N3O4. The van der Waals surface area contributed by atoms with Crippen molar-refractivity contribution in [2.24, 2.45) is 0 Å². The molecule has 7 nitrogen and oxygen atoms in total. The van der Waals surface area contributed by atoms with Gasteiger partial charge in [-0.15, -0.1) is 0 Å². The number of aromatic nitrogens is 2. The summed E-state index contributed by atoms with van der Waals surface area (Å²) in [6.07, 6.45) is 3.09. The first-order valence-corrected chi connectivity index (χ1v) is 7.65. The molecular weight excluding hydrogens is 322 g/mol. The Morgan fingerprint density at radius 1 is 1.16 bits per heavy atom. The van der Waals surface area contributed by atoms with Crippen molar-refractivity contribution in [3.63, 3.8) is 0 Å². The van der Waals surface area contributed by atoms with E-state index in [-0.39, 0.29) is 11.4 Å². The van der Waals surface area contributed by atoms with Crippen molar-refractivity contribution in [3.8, 4) is 11.6 Å². The highest BCUT2D eigenvalue weighted by atomic mass is 16.5. The second kappa shape index (κ2) is 7.59. The number of carbonyl (C=O) groups is 1. The van der Waals surface area contributed by atoms with E-state index in [1.165, 1.54) is 12.3 Å². The molecule has 0 aliphatic carbocycles. The van der Waals surface area contributed by atoms with Gasteiger partial charge in [-0.25, -0.2) is 9.97 Å². The molecule has 2 N–H and O–H groups in total. The number of nitrogens with zero attached hydrogens (tertiary/aromatic N) is 2. The monoisotopic (exact) mass is 339 g/mol. The first-order chi connectivity index (χ1) is 12.2. The van der Waals surface area contributed by atoms with Crippen molar-refractivity contribution in [2.45, 2.75) is 0 Å². The van der Waals surface area contributed by atoms with Crippen LogP contribution in [0.3, 0.4) is 0 Å². The number of pyridine rings is 2. The lowest BCUT2D eigenvalue weighted by molar-refractivity contribution is 0.101. The molecule has 0 aliphatic rings. The van der Waals surface area contributed by atoms with E-state index < -0.39 is 5.91 Å². The van der Waals surface area contributed by atoms with Gasteiger partial charge < -0.3 is 19.9 Å². The fourth-order valence-corrected chi connectivity index (χ4v) is 2.33. The van der Waals surface area contributed by atoms with Gasteiger partial charge in [0.1, 0.15) is 12.4 Å². The van der Waals surface area contributed by atoms with Gasteiger partial charge in [-0.05, 0) is 41.8 Å². The Hall–Kier alpha value is -3.19. The number of aromatic hydroxyl groups is 1. The lowest BCUT2D eigenvalue weighted by atomic mass is 10.1. The van der Waals surface area contributed by atoms with Gasteiger partial charge in [0.15, 0.2) is 5.69 Å². The molecule has 2 aromatic heterocycles. The van der Waals surface area contributed by atoms with Crippen molar-refractivity contribution in [1.29, 1.82) is 0 Å². The van der Waals surface area contributed by atoms with Crippen molar-refractivity contribution in [2.75, 3.05) is 25.6 Å². The summed E-state index contributed by atoms with van der Waals surface area (Å²) >= 11 is 0. The van der Waals surface area contributed by atoms with Crippen LogP contribution in [0.15, 0.2) is 48.8 Å². The summed E-state index contributed by atoms with van der Waals surface area (Å²) < 4.78 is 10.6. The summed E-state index contributed by atoms with van der Waals surface area (Å²) in [6.45, 7) is 0.875. The summed E-state index contributed by atoms with van der Waals surface area (Å²) in [5.41, 5.74) is 0.553. The molecule has 0 atom stereocenters. The van der Waals surface area contributed by atoms with Gasteiger partial charge >= 0.3 is 0 Å². The quantitative estimate of drug-likeness (QED) is 0.671. The number of methoxy groups -OCH3 is 1. The van der Waals surface area contributed by atoms with Crippen molar-refractivity contribution in [3.05, 3.63) is 54.5 Å². The van der Waals surface area contributed by atoms with Gasteiger partial charge in [0, 0.05) is 30.6 Å². The van der Waals surface area contributed by atoms with Crippen LogP contribution in [0, 0.1) is 0 Å². The van der Waals surface area contributed by atoms with Gasteiger partial charge in [0.25, 0.3) is 5.91 Å².